The minimum Gasteiger partial charge on any atom is -0.459 e. The number of Topliss-reactive ketones (excluding diaryl/α,β-unsaturated/α-hetero) is 2. The smallest absolute Gasteiger partial charge is 0.409 e. The number of carbonyl (C=O) groups is 5. The summed E-state index contributed by atoms with van der Waals surface area (Å²) in [4.78, 5) is 73.0. The molecule has 1 aliphatic carbocycles. The van der Waals surface area contributed by atoms with Crippen LogP contribution in [0.2, 0.25) is 0 Å². The Morgan fingerprint density at radius 1 is 0.768 bits per heavy atom. The Kier molecular flexibility index (Phi) is 31.1. The molecule has 0 aromatic heterocycles. The van der Waals surface area contributed by atoms with E-state index in [1.807, 2.05) is 51.2 Å². The van der Waals surface area contributed by atoms with E-state index in [0.717, 1.165) is 5.57 Å². The molecule has 5 N–H and O–H groups in total. The number of nitrogens with two attached hydrogens (primary N) is 1. The summed E-state index contributed by atoms with van der Waals surface area (Å²) in [5.74, 6) is -7.82. The van der Waals surface area contributed by atoms with E-state index in [2.05, 4.69) is 0 Å². The van der Waals surface area contributed by atoms with E-state index in [1.54, 1.807) is 55.2 Å². The highest BCUT2D eigenvalue weighted by Crippen LogP contribution is 2.38. The first-order chi connectivity index (χ1) is 39.1. The van der Waals surface area contributed by atoms with Gasteiger partial charge in [-0.15, -0.1) is 0 Å². The Bertz CT molecular complexity index is 2100. The molecule has 16 atom stereocenters. The predicted molar refractivity (Wildman–Crippen MR) is 306 cm³/mol. The number of aliphatic hydroxyl groups excluding tert-OH is 2. The Morgan fingerprint density at radius 3 is 2.10 bits per heavy atom. The van der Waals surface area contributed by atoms with Gasteiger partial charge in [0.25, 0.3) is 11.7 Å². The van der Waals surface area contributed by atoms with Gasteiger partial charge in [-0.25, -0.2) is 9.59 Å². The number of esters is 1. The predicted octanol–water partition coefficient (Wildman–Crippen LogP) is 5.44. The van der Waals surface area contributed by atoms with Crippen LogP contribution in [0.3, 0.4) is 0 Å². The normalized spacial score (nSPS) is 35.3. The highest BCUT2D eigenvalue weighted by Gasteiger charge is 2.53. The van der Waals surface area contributed by atoms with E-state index in [0.29, 0.717) is 116 Å². The fraction of sp³-hybridized carbons (Fsp3) is 0.787. The van der Waals surface area contributed by atoms with Crippen molar-refractivity contribution in [1.29, 1.82) is 0 Å². The molecule has 0 aromatic rings. The van der Waals surface area contributed by atoms with Crippen molar-refractivity contribution in [3.8, 4) is 0 Å². The summed E-state index contributed by atoms with van der Waals surface area (Å²) in [5, 5.41) is 34.7. The number of likely N-dealkylation sites (N-methyl/N-ethyl adjacent to an activating group) is 1. The molecule has 1 saturated carbocycles. The van der Waals surface area contributed by atoms with Gasteiger partial charge < -0.3 is 78.2 Å². The summed E-state index contributed by atoms with van der Waals surface area (Å²) in [6, 6.07) is -1.99. The number of rotatable bonds is 19. The Morgan fingerprint density at radius 2 is 1.44 bits per heavy atom. The zero-order chi connectivity index (χ0) is 60.5. The lowest BCUT2D eigenvalue weighted by molar-refractivity contribution is -0.265. The third-order valence-corrected chi connectivity index (χ3v) is 16.7. The number of hydrogen-bond donors (Lipinski definition) is 4. The SMILES string of the molecule is COCCOCCOCCOCCN(C)C(=O)O[C@@H]1CC[C@@H](C[C@@H](N)[C@@H]2C[C@@H](OC)[C@H](C)/C=C(\C)[C@@H](O)[C@@H](O)C(=O)[C@H](C)C[C@H](C)/C=C/C=C/C=C(\C)[C@@H](OC)C[C@@H]3CC[C@@H](C)[C@@](O)(O3)C(=O)C(=O)N3CCCC[C@H]3C(=O)O2)C[C@H]1OC. The van der Waals surface area contributed by atoms with Gasteiger partial charge in [0.1, 0.15) is 30.5 Å². The lowest BCUT2D eigenvalue weighted by Crippen LogP contribution is -2.61. The van der Waals surface area contributed by atoms with Crippen LogP contribution in [-0.2, 0) is 66.5 Å². The van der Waals surface area contributed by atoms with Crippen molar-refractivity contribution >= 4 is 29.5 Å². The van der Waals surface area contributed by atoms with Crippen LogP contribution in [0.1, 0.15) is 119 Å². The molecule has 0 spiro atoms. The molecule has 2 amide bonds. The molecule has 0 radical (unpaired) electrons. The maximum absolute atomic E-state index is 14.7. The number of piperidine rings is 1. The second-order valence-electron chi connectivity index (χ2n) is 23.1. The summed E-state index contributed by atoms with van der Waals surface area (Å²) < 4.78 is 57.9. The van der Waals surface area contributed by atoms with E-state index < -0.39 is 114 Å². The van der Waals surface area contributed by atoms with Crippen LogP contribution in [0.4, 0.5) is 4.79 Å². The summed E-state index contributed by atoms with van der Waals surface area (Å²) in [6.07, 6.45) is 8.45. The lowest BCUT2D eigenvalue weighted by Gasteiger charge is -2.43. The largest absolute Gasteiger partial charge is 0.459 e. The van der Waals surface area contributed by atoms with E-state index in [4.69, 9.17) is 53.1 Å². The van der Waals surface area contributed by atoms with Gasteiger partial charge in [0.05, 0.1) is 70.7 Å². The maximum Gasteiger partial charge on any atom is 0.409 e. The Hall–Kier alpha value is -3.97. The number of ketones is 2. The van der Waals surface area contributed by atoms with Crippen molar-refractivity contribution in [2.45, 2.75) is 185 Å². The number of carbonyl (C=O) groups excluding carboxylic acids is 5. The van der Waals surface area contributed by atoms with Crippen molar-refractivity contribution in [2.24, 2.45) is 35.3 Å². The standard InChI is InChI=1S/C61H101N3O18/c1-39-17-13-12-14-18-40(2)50(74-9)37-46-22-20-44(6)61(72,82-46)57(68)58(69)64-24-16-15-19-48(64)59(70)80-52(38-51(75-10)41(3)34-43(5)55(66)56(67)54(65)42(4)33-39)47(62)35-45-21-23-49(53(36-45)76-11)81-60(71)63(7)25-26-77-29-30-79-32-31-78-28-27-73-8/h12-14,17-18,34,39,41-42,44-53,55-56,66-67,72H,15-16,19-33,35-38,62H2,1-11H3/b14-12+,17-13+,40-18+,43-34+/t39-,41-,42-,44-,45+,46+,47-,48+,49-,50+,51-,52+,53-,55-,56+,61-/m1/s1. The molecule has 2 bridgehead atoms. The highest BCUT2D eigenvalue weighted by molar-refractivity contribution is 6.39. The molecule has 3 heterocycles. The zero-order valence-corrected chi connectivity index (χ0v) is 50.9. The van der Waals surface area contributed by atoms with Crippen molar-refractivity contribution < 1.29 is 86.7 Å². The van der Waals surface area contributed by atoms with Crippen LogP contribution in [0, 0.1) is 29.6 Å². The number of allylic oxidation sites excluding steroid dienone is 5. The van der Waals surface area contributed by atoms with Crippen molar-refractivity contribution in [3.63, 3.8) is 0 Å². The number of amides is 2. The number of nitrogens with zero attached hydrogens (tertiary/aromatic N) is 2. The van der Waals surface area contributed by atoms with Crippen LogP contribution < -0.4 is 5.73 Å². The Balaban J connectivity index is 1.57. The van der Waals surface area contributed by atoms with Gasteiger partial charge in [-0.3, -0.25) is 14.4 Å². The van der Waals surface area contributed by atoms with Crippen LogP contribution in [0.5, 0.6) is 0 Å². The molecule has 4 aliphatic rings. The monoisotopic (exact) mass is 1160 g/mol. The summed E-state index contributed by atoms with van der Waals surface area (Å²) in [6.45, 7) is 14.0. The van der Waals surface area contributed by atoms with Crippen LogP contribution in [0.25, 0.3) is 0 Å². The highest BCUT2D eigenvalue weighted by atomic mass is 16.6. The molecule has 468 valence electrons. The third-order valence-electron chi connectivity index (χ3n) is 16.7. The number of aliphatic hydroxyl groups is 3. The third kappa shape index (κ3) is 21.5. The van der Waals surface area contributed by atoms with Crippen LogP contribution >= 0.6 is 0 Å². The molecule has 0 aromatic carbocycles. The van der Waals surface area contributed by atoms with Gasteiger partial charge in [0.2, 0.25) is 5.79 Å². The summed E-state index contributed by atoms with van der Waals surface area (Å²) >= 11 is 0. The minimum absolute atomic E-state index is 0.0424. The quantitative estimate of drug-likeness (QED) is 0.0543. The molecular formula is C61H101N3O18. The van der Waals surface area contributed by atoms with Gasteiger partial charge in [-0.1, -0.05) is 64.2 Å². The first kappa shape index (κ1) is 70.5. The fourth-order valence-corrected chi connectivity index (χ4v) is 11.4. The Labute approximate surface area is 487 Å². The second-order valence-corrected chi connectivity index (χ2v) is 23.1. The molecule has 21 nitrogen and oxygen atoms in total. The van der Waals surface area contributed by atoms with Gasteiger partial charge >= 0.3 is 12.1 Å². The van der Waals surface area contributed by atoms with Gasteiger partial charge in [-0.2, -0.15) is 0 Å². The lowest BCUT2D eigenvalue weighted by atomic mass is 9.80. The number of fused-ring (bicyclic) bond motifs is 3. The van der Waals surface area contributed by atoms with Gasteiger partial charge in [0, 0.05) is 85.2 Å². The number of methoxy groups -OCH3 is 4. The molecule has 4 rings (SSSR count). The molecule has 21 heteroatoms. The maximum atomic E-state index is 14.7. The van der Waals surface area contributed by atoms with Crippen LogP contribution in [0.15, 0.2) is 47.6 Å². The van der Waals surface area contributed by atoms with Crippen molar-refractivity contribution in [1.82, 2.24) is 9.80 Å². The minimum atomic E-state index is -2.46. The van der Waals surface area contributed by atoms with Gasteiger partial charge in [0.15, 0.2) is 5.78 Å². The molecule has 82 heavy (non-hydrogen) atoms. The molecular weight excluding hydrogens is 1060 g/mol. The van der Waals surface area contributed by atoms with Crippen molar-refractivity contribution in [3.05, 3.63) is 47.6 Å². The van der Waals surface area contributed by atoms with E-state index in [1.165, 1.54) is 16.9 Å². The average Bonchev–Trinajstić information content (AvgIpc) is 3.47. The number of hydrogen-bond acceptors (Lipinski definition) is 19. The molecule has 0 unspecified atom stereocenters. The van der Waals surface area contributed by atoms with E-state index in [9.17, 15) is 39.3 Å². The molecule has 3 fully saturated rings. The van der Waals surface area contributed by atoms with Crippen LogP contribution in [-0.4, -0.2) is 216 Å². The van der Waals surface area contributed by atoms with Crippen molar-refractivity contribution in [2.75, 3.05) is 94.8 Å². The topological polar surface area (TPSA) is 271 Å². The van der Waals surface area contributed by atoms with E-state index >= 15 is 0 Å². The average molecular weight is 1160 g/mol. The number of cyclic esters (lactones) is 1. The van der Waals surface area contributed by atoms with Gasteiger partial charge in [-0.05, 0) is 101 Å². The first-order valence-electron chi connectivity index (χ1n) is 29.6. The zero-order valence-electron chi connectivity index (χ0n) is 50.9. The number of ether oxygens (including phenoxy) is 10. The second kappa shape index (κ2) is 36.1. The summed E-state index contributed by atoms with van der Waals surface area (Å²) in [5.41, 5.74) is 8.32. The van der Waals surface area contributed by atoms with E-state index in [-0.39, 0.29) is 37.8 Å². The summed E-state index contributed by atoms with van der Waals surface area (Å²) in [7, 11) is 7.87. The molecule has 3 aliphatic heterocycles. The first-order valence-corrected chi connectivity index (χ1v) is 29.6. The molecule has 2 saturated heterocycles. The fourth-order valence-electron chi connectivity index (χ4n) is 11.4.